The molecule has 1 aromatic rings. The number of nitrogens with two attached hydrogens (primary N) is 1. The fourth-order valence-electron chi connectivity index (χ4n) is 1.45. The van der Waals surface area contributed by atoms with E-state index in [-0.39, 0.29) is 22.1 Å². The van der Waals surface area contributed by atoms with Gasteiger partial charge in [-0.15, -0.1) is 0 Å². The maximum Gasteiger partial charge on any atom is 0.241 e. The minimum atomic E-state index is -3.99. The predicted molar refractivity (Wildman–Crippen MR) is 78.6 cm³/mol. The highest BCUT2D eigenvalue weighted by atomic mass is 32.2. The fraction of sp³-hybridized carbons (Fsp3) is 0.462. The van der Waals surface area contributed by atoms with Gasteiger partial charge >= 0.3 is 0 Å². The number of benzene rings is 1. The molecule has 0 atom stereocenters. The SMILES string of the molecule is Cc1c(N)cc(S(=O)(=O)NCC(=O)NCC(C)C)cc1F. The van der Waals surface area contributed by atoms with Crippen molar-refractivity contribution in [3.8, 4) is 0 Å². The molecule has 0 bridgehead atoms. The van der Waals surface area contributed by atoms with Gasteiger partial charge < -0.3 is 11.1 Å². The van der Waals surface area contributed by atoms with Crippen molar-refractivity contribution in [1.29, 1.82) is 0 Å². The molecule has 1 aromatic carbocycles. The van der Waals surface area contributed by atoms with Crippen LogP contribution in [0.1, 0.15) is 19.4 Å². The first-order valence-corrected chi connectivity index (χ1v) is 7.93. The second-order valence-corrected chi connectivity index (χ2v) is 6.91. The number of anilines is 1. The first-order chi connectivity index (χ1) is 9.63. The number of hydrogen-bond donors (Lipinski definition) is 3. The van der Waals surface area contributed by atoms with Crippen molar-refractivity contribution >= 4 is 21.6 Å². The van der Waals surface area contributed by atoms with Gasteiger partial charge in [0.1, 0.15) is 5.82 Å². The fourth-order valence-corrected chi connectivity index (χ4v) is 2.48. The third-order valence-electron chi connectivity index (χ3n) is 2.80. The van der Waals surface area contributed by atoms with Gasteiger partial charge in [0, 0.05) is 17.8 Å². The second kappa shape index (κ2) is 6.86. The summed E-state index contributed by atoms with van der Waals surface area (Å²) in [4.78, 5) is 11.2. The normalized spacial score (nSPS) is 11.7. The van der Waals surface area contributed by atoms with Gasteiger partial charge in [0.05, 0.1) is 11.4 Å². The molecule has 0 aliphatic heterocycles. The van der Waals surface area contributed by atoms with Gasteiger partial charge in [0.2, 0.25) is 15.9 Å². The molecule has 21 heavy (non-hydrogen) atoms. The zero-order chi connectivity index (χ0) is 16.2. The van der Waals surface area contributed by atoms with Crippen LogP contribution in [-0.2, 0) is 14.8 Å². The first kappa shape index (κ1) is 17.4. The Morgan fingerprint density at radius 1 is 1.38 bits per heavy atom. The molecule has 0 radical (unpaired) electrons. The standard InChI is InChI=1S/C13H20FN3O3S/c1-8(2)6-16-13(18)7-17-21(19,20)10-4-11(14)9(3)12(15)5-10/h4-5,8,17H,6-7,15H2,1-3H3,(H,16,18). The summed E-state index contributed by atoms with van der Waals surface area (Å²) in [5.74, 6) is -0.899. The van der Waals surface area contributed by atoms with E-state index in [1.165, 1.54) is 6.92 Å². The monoisotopic (exact) mass is 317 g/mol. The summed E-state index contributed by atoms with van der Waals surface area (Å²) in [5.41, 5.74) is 5.77. The maximum absolute atomic E-state index is 13.5. The summed E-state index contributed by atoms with van der Waals surface area (Å²) in [6.07, 6.45) is 0. The van der Waals surface area contributed by atoms with Crippen molar-refractivity contribution in [2.75, 3.05) is 18.8 Å². The number of hydrogen-bond acceptors (Lipinski definition) is 4. The summed E-state index contributed by atoms with van der Waals surface area (Å²) < 4.78 is 39.6. The van der Waals surface area contributed by atoms with Crippen molar-refractivity contribution in [3.63, 3.8) is 0 Å². The molecule has 0 heterocycles. The van der Waals surface area contributed by atoms with E-state index < -0.39 is 28.3 Å². The maximum atomic E-state index is 13.5. The van der Waals surface area contributed by atoms with Gasteiger partial charge in [-0.25, -0.2) is 17.5 Å². The van der Waals surface area contributed by atoms with E-state index in [0.717, 1.165) is 12.1 Å². The van der Waals surface area contributed by atoms with Crippen molar-refractivity contribution in [3.05, 3.63) is 23.5 Å². The van der Waals surface area contributed by atoms with Gasteiger partial charge in [0.15, 0.2) is 0 Å². The largest absolute Gasteiger partial charge is 0.398 e. The first-order valence-electron chi connectivity index (χ1n) is 6.45. The quantitative estimate of drug-likeness (QED) is 0.674. The Morgan fingerprint density at radius 3 is 2.52 bits per heavy atom. The van der Waals surface area contributed by atoms with Crippen LogP contribution in [-0.4, -0.2) is 27.4 Å². The molecule has 1 rings (SSSR count). The van der Waals surface area contributed by atoms with Crippen LogP contribution in [0.5, 0.6) is 0 Å². The van der Waals surface area contributed by atoms with Gasteiger partial charge in [0.25, 0.3) is 0 Å². The highest BCUT2D eigenvalue weighted by Crippen LogP contribution is 2.20. The highest BCUT2D eigenvalue weighted by Gasteiger charge is 2.18. The molecule has 118 valence electrons. The zero-order valence-corrected chi connectivity index (χ0v) is 13.1. The Morgan fingerprint density at radius 2 is 2.00 bits per heavy atom. The number of rotatable bonds is 6. The summed E-state index contributed by atoms with van der Waals surface area (Å²) in [6.45, 7) is 5.33. The zero-order valence-electron chi connectivity index (χ0n) is 12.2. The van der Waals surface area contributed by atoms with E-state index in [1.54, 1.807) is 0 Å². The van der Waals surface area contributed by atoms with E-state index >= 15 is 0 Å². The second-order valence-electron chi connectivity index (χ2n) is 5.14. The van der Waals surface area contributed by atoms with Crippen LogP contribution < -0.4 is 15.8 Å². The van der Waals surface area contributed by atoms with Crippen LogP contribution in [0.3, 0.4) is 0 Å². The molecule has 0 aliphatic rings. The number of halogens is 1. The summed E-state index contributed by atoms with van der Waals surface area (Å²) >= 11 is 0. The molecular weight excluding hydrogens is 297 g/mol. The predicted octanol–water partition coefficient (Wildman–Crippen LogP) is 0.767. The smallest absolute Gasteiger partial charge is 0.241 e. The molecule has 8 heteroatoms. The summed E-state index contributed by atoms with van der Waals surface area (Å²) in [6, 6.07) is 2.03. The lowest BCUT2D eigenvalue weighted by Crippen LogP contribution is -2.38. The van der Waals surface area contributed by atoms with E-state index in [4.69, 9.17) is 5.73 Å². The van der Waals surface area contributed by atoms with Crippen LogP contribution in [0.2, 0.25) is 0 Å². The number of sulfonamides is 1. The van der Waals surface area contributed by atoms with Crippen molar-refractivity contribution in [2.45, 2.75) is 25.7 Å². The van der Waals surface area contributed by atoms with Crippen LogP contribution in [0, 0.1) is 18.7 Å². The molecule has 0 aliphatic carbocycles. The Bertz CT molecular complexity index is 607. The van der Waals surface area contributed by atoms with Crippen LogP contribution in [0.4, 0.5) is 10.1 Å². The molecule has 0 saturated heterocycles. The van der Waals surface area contributed by atoms with E-state index in [9.17, 15) is 17.6 Å². The van der Waals surface area contributed by atoms with Gasteiger partial charge in [-0.2, -0.15) is 0 Å². The molecule has 4 N–H and O–H groups in total. The molecule has 0 aromatic heterocycles. The van der Waals surface area contributed by atoms with Gasteiger partial charge in [-0.1, -0.05) is 13.8 Å². The number of nitrogens with one attached hydrogen (secondary N) is 2. The topological polar surface area (TPSA) is 101 Å². The van der Waals surface area contributed by atoms with Crippen LogP contribution in [0.15, 0.2) is 17.0 Å². The van der Waals surface area contributed by atoms with Gasteiger partial charge in [-0.05, 0) is 25.0 Å². The molecule has 6 nitrogen and oxygen atoms in total. The van der Waals surface area contributed by atoms with E-state index in [1.807, 2.05) is 13.8 Å². The number of carbonyl (C=O) groups is 1. The molecular formula is C13H20FN3O3S. The summed E-state index contributed by atoms with van der Waals surface area (Å²) in [7, 11) is -3.99. The average molecular weight is 317 g/mol. The van der Waals surface area contributed by atoms with Crippen molar-refractivity contribution in [2.24, 2.45) is 5.92 Å². The molecule has 0 unspecified atom stereocenters. The number of amides is 1. The molecule has 0 fully saturated rings. The lowest BCUT2D eigenvalue weighted by Gasteiger charge is -2.10. The van der Waals surface area contributed by atoms with Gasteiger partial charge in [-0.3, -0.25) is 4.79 Å². The Labute approximate surface area is 124 Å². The molecule has 1 amide bonds. The molecule has 0 saturated carbocycles. The van der Waals surface area contributed by atoms with E-state index in [2.05, 4.69) is 10.0 Å². The Hall–Kier alpha value is -1.67. The lowest BCUT2D eigenvalue weighted by atomic mass is 10.2. The van der Waals surface area contributed by atoms with Crippen LogP contribution in [0.25, 0.3) is 0 Å². The minimum absolute atomic E-state index is 0.0413. The number of nitrogen functional groups attached to an aromatic ring is 1. The lowest BCUT2D eigenvalue weighted by molar-refractivity contribution is -0.120. The third-order valence-corrected chi connectivity index (χ3v) is 4.18. The summed E-state index contributed by atoms with van der Waals surface area (Å²) in [5, 5.41) is 2.57. The van der Waals surface area contributed by atoms with Crippen molar-refractivity contribution < 1.29 is 17.6 Å². The minimum Gasteiger partial charge on any atom is -0.398 e. The Kier molecular flexibility index (Phi) is 5.68. The third kappa shape index (κ3) is 4.98. The van der Waals surface area contributed by atoms with Crippen molar-refractivity contribution in [1.82, 2.24) is 10.0 Å². The van der Waals surface area contributed by atoms with Crippen LogP contribution >= 0.6 is 0 Å². The number of carbonyl (C=O) groups excluding carboxylic acids is 1. The highest BCUT2D eigenvalue weighted by molar-refractivity contribution is 7.89. The Balaban J connectivity index is 2.76. The average Bonchev–Trinajstić information content (AvgIpc) is 2.39. The molecule has 0 spiro atoms. The van der Waals surface area contributed by atoms with E-state index in [0.29, 0.717) is 6.54 Å².